The summed E-state index contributed by atoms with van der Waals surface area (Å²) >= 11 is 8.14. The lowest BCUT2D eigenvalue weighted by Gasteiger charge is -2.36. The Bertz CT molecular complexity index is 999. The maximum absolute atomic E-state index is 6.38. The van der Waals surface area contributed by atoms with Crippen molar-refractivity contribution in [2.45, 2.75) is 53.4 Å². The molecule has 4 rings (SSSR count). The Morgan fingerprint density at radius 1 is 1.10 bits per heavy atom. The highest BCUT2D eigenvalue weighted by Crippen LogP contribution is 2.44. The predicted molar refractivity (Wildman–Crippen MR) is 126 cm³/mol. The molecule has 0 bridgehead atoms. The molecule has 0 N–H and O–H groups in total. The van der Waals surface area contributed by atoms with Gasteiger partial charge in [0.2, 0.25) is 5.28 Å². The molecule has 0 saturated carbocycles. The maximum atomic E-state index is 6.38. The summed E-state index contributed by atoms with van der Waals surface area (Å²) in [5.74, 6) is 2.85. The molecule has 0 spiro atoms. The van der Waals surface area contributed by atoms with Gasteiger partial charge in [-0.3, -0.25) is 0 Å². The van der Waals surface area contributed by atoms with Gasteiger partial charge in [0, 0.05) is 23.5 Å². The number of aromatic nitrogens is 2. The van der Waals surface area contributed by atoms with Crippen LogP contribution in [-0.2, 0) is 6.42 Å². The molecule has 3 heterocycles. The molecule has 0 aliphatic carbocycles. The van der Waals surface area contributed by atoms with Crippen molar-refractivity contribution < 1.29 is 0 Å². The zero-order valence-corrected chi connectivity index (χ0v) is 19.6. The van der Waals surface area contributed by atoms with E-state index in [9.17, 15) is 0 Å². The number of halogens is 1. The number of hydrogen-bond donors (Lipinski definition) is 0. The number of fused-ring (bicyclic) bond motifs is 1. The highest BCUT2D eigenvalue weighted by Gasteiger charge is 2.27. The number of thiophene rings is 1. The number of anilines is 1. The summed E-state index contributed by atoms with van der Waals surface area (Å²) in [5.41, 5.74) is 3.91. The zero-order valence-electron chi connectivity index (χ0n) is 18.0. The second kappa shape index (κ2) is 8.23. The van der Waals surface area contributed by atoms with Gasteiger partial charge in [-0.25, -0.2) is 4.98 Å². The first-order valence-electron chi connectivity index (χ1n) is 10.7. The number of piperidine rings is 1. The third kappa shape index (κ3) is 4.02. The molecular weight excluding hydrogens is 398 g/mol. The number of aryl methyl sites for hydroxylation is 1. The monoisotopic (exact) mass is 427 g/mol. The van der Waals surface area contributed by atoms with E-state index in [4.69, 9.17) is 16.6 Å². The molecule has 2 atom stereocenters. The summed E-state index contributed by atoms with van der Waals surface area (Å²) < 4.78 is 0. The smallest absolute Gasteiger partial charge is 0.225 e. The van der Waals surface area contributed by atoms with E-state index in [2.05, 4.69) is 68.8 Å². The van der Waals surface area contributed by atoms with Gasteiger partial charge in [-0.05, 0) is 53.3 Å². The lowest BCUT2D eigenvalue weighted by atomic mass is 9.91. The van der Waals surface area contributed by atoms with Gasteiger partial charge in [-0.2, -0.15) is 4.98 Å². The first-order chi connectivity index (χ1) is 13.9. The number of nitrogens with zero attached hydrogens (tertiary/aromatic N) is 3. The van der Waals surface area contributed by atoms with Gasteiger partial charge < -0.3 is 4.90 Å². The summed E-state index contributed by atoms with van der Waals surface area (Å²) in [5, 5.41) is 1.53. The number of rotatable bonds is 4. The Morgan fingerprint density at radius 2 is 1.76 bits per heavy atom. The third-order valence-electron chi connectivity index (χ3n) is 5.93. The summed E-state index contributed by atoms with van der Waals surface area (Å²) in [7, 11) is 0. The minimum absolute atomic E-state index is 0.351. The first kappa shape index (κ1) is 20.6. The second-order valence-corrected chi connectivity index (χ2v) is 10.3. The van der Waals surface area contributed by atoms with Gasteiger partial charge in [0.05, 0.1) is 5.39 Å². The van der Waals surface area contributed by atoms with Gasteiger partial charge in [-0.15, -0.1) is 11.3 Å². The minimum Gasteiger partial charge on any atom is -0.355 e. The van der Waals surface area contributed by atoms with E-state index in [0.29, 0.717) is 23.0 Å². The van der Waals surface area contributed by atoms with Crippen LogP contribution in [0.15, 0.2) is 24.3 Å². The predicted octanol–water partition coefficient (Wildman–Crippen LogP) is 7.18. The van der Waals surface area contributed by atoms with E-state index in [1.54, 1.807) is 11.3 Å². The molecule has 3 nitrogen and oxygen atoms in total. The molecule has 1 aromatic carbocycles. The van der Waals surface area contributed by atoms with Crippen molar-refractivity contribution in [2.24, 2.45) is 11.8 Å². The van der Waals surface area contributed by atoms with Crippen LogP contribution in [0.1, 0.15) is 57.4 Å². The molecule has 1 aliphatic rings. The Morgan fingerprint density at radius 3 is 2.34 bits per heavy atom. The lowest BCUT2D eigenvalue weighted by Crippen LogP contribution is -2.39. The molecule has 3 aromatic rings. The molecule has 2 aromatic heterocycles. The van der Waals surface area contributed by atoms with E-state index in [1.807, 2.05) is 0 Å². The highest BCUT2D eigenvalue weighted by molar-refractivity contribution is 7.19. The lowest BCUT2D eigenvalue weighted by molar-refractivity contribution is 0.356. The van der Waals surface area contributed by atoms with E-state index in [-0.39, 0.29) is 0 Å². The number of benzene rings is 1. The largest absolute Gasteiger partial charge is 0.355 e. The van der Waals surface area contributed by atoms with Crippen molar-refractivity contribution in [3.63, 3.8) is 0 Å². The SMILES string of the molecule is CCc1sc2nc(Cl)nc(N3CC(C)CC(C)C3)c2c1-c1ccc(C(C)C)cc1. The summed E-state index contributed by atoms with van der Waals surface area (Å²) in [6.07, 6.45) is 2.25. The summed E-state index contributed by atoms with van der Waals surface area (Å²) in [6.45, 7) is 13.4. The summed E-state index contributed by atoms with van der Waals surface area (Å²) in [4.78, 5) is 14.2. The zero-order chi connectivity index (χ0) is 20.7. The molecule has 0 radical (unpaired) electrons. The van der Waals surface area contributed by atoms with Gasteiger partial charge >= 0.3 is 0 Å². The third-order valence-corrected chi connectivity index (χ3v) is 7.33. The molecule has 0 amide bonds. The van der Waals surface area contributed by atoms with Crippen LogP contribution >= 0.6 is 22.9 Å². The topological polar surface area (TPSA) is 29.0 Å². The van der Waals surface area contributed by atoms with Crippen LogP contribution < -0.4 is 4.90 Å². The van der Waals surface area contributed by atoms with Crippen molar-refractivity contribution in [1.29, 1.82) is 0 Å². The van der Waals surface area contributed by atoms with E-state index in [1.165, 1.54) is 33.4 Å². The Labute approximate surface area is 183 Å². The molecule has 2 unspecified atom stereocenters. The molecule has 1 aliphatic heterocycles. The van der Waals surface area contributed by atoms with Crippen molar-refractivity contribution in [2.75, 3.05) is 18.0 Å². The minimum atomic E-state index is 0.351. The molecule has 29 heavy (non-hydrogen) atoms. The first-order valence-corrected chi connectivity index (χ1v) is 11.9. The maximum Gasteiger partial charge on any atom is 0.225 e. The van der Waals surface area contributed by atoms with Crippen molar-refractivity contribution >= 4 is 39.0 Å². The standard InChI is InChI=1S/C24H30ClN3S/c1-6-19-20(18-9-7-17(8-10-18)14(2)3)21-22(26-24(25)27-23(21)29-19)28-12-15(4)11-16(5)13-28/h7-10,14-16H,6,11-13H2,1-5H3. The molecular formula is C24H30ClN3S. The average molecular weight is 428 g/mol. The van der Waals surface area contributed by atoms with Crippen LogP contribution in [0.4, 0.5) is 5.82 Å². The van der Waals surface area contributed by atoms with Gasteiger partial charge in [0.25, 0.3) is 0 Å². The fourth-order valence-corrected chi connectivity index (χ4v) is 6.00. The summed E-state index contributed by atoms with van der Waals surface area (Å²) in [6, 6.07) is 9.03. The molecule has 154 valence electrons. The Kier molecular flexibility index (Phi) is 5.85. The fourth-order valence-electron chi connectivity index (χ4n) is 4.66. The second-order valence-electron chi connectivity index (χ2n) is 8.88. The van der Waals surface area contributed by atoms with Crippen LogP contribution in [0.3, 0.4) is 0 Å². The Hall–Kier alpha value is -1.65. The van der Waals surface area contributed by atoms with Crippen LogP contribution in [-0.4, -0.2) is 23.1 Å². The van der Waals surface area contributed by atoms with Crippen molar-refractivity contribution in [1.82, 2.24) is 9.97 Å². The van der Waals surface area contributed by atoms with E-state index in [0.717, 1.165) is 30.2 Å². The van der Waals surface area contributed by atoms with Crippen LogP contribution in [0.2, 0.25) is 5.28 Å². The number of hydrogen-bond acceptors (Lipinski definition) is 4. The fraction of sp³-hybridized carbons (Fsp3) is 0.500. The van der Waals surface area contributed by atoms with Gasteiger partial charge in [0.15, 0.2) is 0 Å². The quantitative estimate of drug-likeness (QED) is 0.413. The molecule has 1 saturated heterocycles. The van der Waals surface area contributed by atoms with Crippen molar-refractivity contribution in [3.8, 4) is 11.1 Å². The van der Waals surface area contributed by atoms with E-state index >= 15 is 0 Å². The van der Waals surface area contributed by atoms with Crippen molar-refractivity contribution in [3.05, 3.63) is 40.0 Å². The Balaban J connectivity index is 1.91. The van der Waals surface area contributed by atoms with Crippen LogP contribution in [0.25, 0.3) is 21.3 Å². The highest BCUT2D eigenvalue weighted by atomic mass is 35.5. The normalized spacial score (nSPS) is 20.0. The van der Waals surface area contributed by atoms with Gasteiger partial charge in [0.1, 0.15) is 10.6 Å². The van der Waals surface area contributed by atoms with Crippen LogP contribution in [0.5, 0.6) is 0 Å². The van der Waals surface area contributed by atoms with Gasteiger partial charge in [-0.1, -0.05) is 58.9 Å². The molecule has 5 heteroatoms. The van der Waals surface area contributed by atoms with Crippen LogP contribution in [0, 0.1) is 11.8 Å². The van der Waals surface area contributed by atoms with E-state index < -0.39 is 0 Å². The average Bonchev–Trinajstić information content (AvgIpc) is 3.04. The molecule has 1 fully saturated rings.